The van der Waals surface area contributed by atoms with Crippen LogP contribution >= 0.6 is 0 Å². The molecular weight excluding hydrogens is 661 g/mol. The van der Waals surface area contributed by atoms with E-state index in [2.05, 4.69) is 169 Å². The van der Waals surface area contributed by atoms with Crippen LogP contribution in [0, 0.1) is 0 Å². The van der Waals surface area contributed by atoms with E-state index in [1.54, 1.807) is 0 Å². The van der Waals surface area contributed by atoms with Crippen LogP contribution in [0.25, 0.3) is 76.9 Å². The topological polar surface area (TPSA) is 50.7 Å². The Hall–Kier alpha value is -6.75. The van der Waals surface area contributed by atoms with Crippen LogP contribution < -0.4 is 5.32 Å². The van der Waals surface area contributed by atoms with Gasteiger partial charge < -0.3 is 8.83 Å². The molecule has 10 aromatic rings. The number of rotatable bonds is 5. The van der Waals surface area contributed by atoms with Gasteiger partial charge in [0.2, 0.25) is 0 Å². The number of furan rings is 2. The van der Waals surface area contributed by atoms with Gasteiger partial charge in [0.25, 0.3) is 0 Å². The van der Waals surface area contributed by atoms with Gasteiger partial charge >= 0.3 is 0 Å². The predicted molar refractivity (Wildman–Crippen MR) is 222 cm³/mol. The molecule has 54 heavy (non-hydrogen) atoms. The van der Waals surface area contributed by atoms with Gasteiger partial charge in [-0.15, -0.1) is 0 Å². The third-order valence-corrected chi connectivity index (χ3v) is 11.1. The molecule has 0 amide bonds. The van der Waals surface area contributed by atoms with E-state index in [0.717, 1.165) is 78.3 Å². The number of fused-ring (bicyclic) bond motifs is 7. The first kappa shape index (κ1) is 30.8. The second kappa shape index (κ2) is 12.4. The zero-order valence-corrected chi connectivity index (χ0v) is 29.4. The molecule has 1 N–H and O–H groups in total. The van der Waals surface area contributed by atoms with E-state index in [1.165, 1.54) is 27.5 Å². The number of benzene rings is 8. The van der Waals surface area contributed by atoms with Crippen molar-refractivity contribution >= 4 is 60.4 Å². The largest absolute Gasteiger partial charge is 0.456 e. The average Bonchev–Trinajstić information content (AvgIpc) is 3.82. The van der Waals surface area contributed by atoms with Gasteiger partial charge in [-0.1, -0.05) is 146 Å². The fraction of sp³-hybridized carbons (Fsp3) is 0.0600. The molecule has 1 aliphatic rings. The minimum Gasteiger partial charge on any atom is -0.456 e. The highest BCUT2D eigenvalue weighted by Crippen LogP contribution is 2.41. The maximum absolute atomic E-state index is 6.77. The summed E-state index contributed by atoms with van der Waals surface area (Å²) in [6, 6.07) is 62.3. The Morgan fingerprint density at radius 1 is 0.463 bits per heavy atom. The summed E-state index contributed by atoms with van der Waals surface area (Å²) < 4.78 is 13.0. The molecule has 11 rings (SSSR count). The van der Waals surface area contributed by atoms with Crippen molar-refractivity contribution in [2.75, 3.05) is 0 Å². The Bertz CT molecular complexity index is 3060. The molecular formula is C50H34N2O2. The highest BCUT2D eigenvalue weighted by Gasteiger charge is 2.28. The molecule has 2 aromatic heterocycles. The van der Waals surface area contributed by atoms with Crippen molar-refractivity contribution in [2.24, 2.45) is 4.99 Å². The lowest BCUT2D eigenvalue weighted by Gasteiger charge is -2.31. The van der Waals surface area contributed by atoms with E-state index in [9.17, 15) is 0 Å². The van der Waals surface area contributed by atoms with Gasteiger partial charge in [0.15, 0.2) is 0 Å². The Morgan fingerprint density at radius 2 is 1.15 bits per heavy atom. The number of hydrogen-bond acceptors (Lipinski definition) is 4. The van der Waals surface area contributed by atoms with Crippen LogP contribution in [0.1, 0.15) is 35.3 Å². The van der Waals surface area contributed by atoms with Gasteiger partial charge in [0.05, 0.1) is 0 Å². The zero-order chi connectivity index (χ0) is 35.6. The summed E-state index contributed by atoms with van der Waals surface area (Å²) in [6.07, 6.45) is 0.514. The first-order chi connectivity index (χ1) is 26.7. The van der Waals surface area contributed by atoms with E-state index in [-0.39, 0.29) is 12.2 Å². The Balaban J connectivity index is 1.04. The lowest BCUT2D eigenvalue weighted by Crippen LogP contribution is -2.33. The fourth-order valence-electron chi connectivity index (χ4n) is 8.38. The number of aliphatic imine (C=N–C) groups is 1. The van der Waals surface area contributed by atoms with E-state index in [0.29, 0.717) is 0 Å². The molecule has 4 nitrogen and oxygen atoms in total. The van der Waals surface area contributed by atoms with Crippen molar-refractivity contribution in [1.82, 2.24) is 5.32 Å². The maximum Gasteiger partial charge on any atom is 0.143 e. The molecule has 0 spiro atoms. The molecule has 0 bridgehead atoms. The fourth-order valence-corrected chi connectivity index (χ4v) is 8.38. The SMILES string of the molecule is c1ccc(-c2ccc(C3N=C(c4cccc5oc6c(-c7ccc8c(c7)oc7ccccc78)cccc6c45)CC(c4ccc5ccccc5c4)N3)cc2)cc1. The second-order valence-electron chi connectivity index (χ2n) is 14.3. The van der Waals surface area contributed by atoms with Gasteiger partial charge in [-0.25, -0.2) is 0 Å². The normalized spacial score (nSPS) is 16.1. The molecule has 4 heteroatoms. The van der Waals surface area contributed by atoms with Crippen molar-refractivity contribution in [1.29, 1.82) is 0 Å². The summed E-state index contributed by atoms with van der Waals surface area (Å²) in [4.78, 5) is 5.49. The molecule has 256 valence electrons. The van der Waals surface area contributed by atoms with Crippen LogP contribution in [0.2, 0.25) is 0 Å². The smallest absolute Gasteiger partial charge is 0.143 e. The lowest BCUT2D eigenvalue weighted by molar-refractivity contribution is 0.442. The molecule has 8 aromatic carbocycles. The minimum atomic E-state index is -0.227. The summed E-state index contributed by atoms with van der Waals surface area (Å²) in [5.41, 5.74) is 12.5. The highest BCUT2D eigenvalue weighted by atomic mass is 16.3. The zero-order valence-electron chi connectivity index (χ0n) is 29.4. The summed E-state index contributed by atoms with van der Waals surface area (Å²) in [7, 11) is 0. The van der Waals surface area contributed by atoms with E-state index in [1.807, 2.05) is 12.1 Å². The molecule has 1 aliphatic heterocycles. The van der Waals surface area contributed by atoms with Gasteiger partial charge in [0.1, 0.15) is 28.5 Å². The molecule has 3 heterocycles. The Morgan fingerprint density at radius 3 is 2.06 bits per heavy atom. The third kappa shape index (κ3) is 5.14. The average molecular weight is 695 g/mol. The van der Waals surface area contributed by atoms with Crippen LogP contribution in [0.5, 0.6) is 0 Å². The van der Waals surface area contributed by atoms with Crippen molar-refractivity contribution in [3.05, 3.63) is 193 Å². The van der Waals surface area contributed by atoms with Crippen molar-refractivity contribution < 1.29 is 8.83 Å². The first-order valence-electron chi connectivity index (χ1n) is 18.6. The Labute approximate surface area is 312 Å². The molecule has 0 saturated carbocycles. The van der Waals surface area contributed by atoms with Crippen LogP contribution in [-0.4, -0.2) is 5.71 Å². The maximum atomic E-state index is 6.77. The van der Waals surface area contributed by atoms with Crippen molar-refractivity contribution in [3.8, 4) is 22.3 Å². The monoisotopic (exact) mass is 694 g/mol. The number of nitrogens with one attached hydrogen (secondary N) is 1. The molecule has 0 aliphatic carbocycles. The highest BCUT2D eigenvalue weighted by molar-refractivity contribution is 6.20. The summed E-state index contributed by atoms with van der Waals surface area (Å²) >= 11 is 0. The molecule has 0 fully saturated rings. The molecule has 2 atom stereocenters. The van der Waals surface area contributed by atoms with Gasteiger partial charge in [0, 0.05) is 50.8 Å². The quantitative estimate of drug-likeness (QED) is 0.195. The summed E-state index contributed by atoms with van der Waals surface area (Å²) in [6.45, 7) is 0. The first-order valence-corrected chi connectivity index (χ1v) is 18.6. The van der Waals surface area contributed by atoms with E-state index in [4.69, 9.17) is 13.8 Å². The predicted octanol–water partition coefficient (Wildman–Crippen LogP) is 13.2. The minimum absolute atomic E-state index is 0.0559. The van der Waals surface area contributed by atoms with Gasteiger partial charge in [-0.2, -0.15) is 0 Å². The van der Waals surface area contributed by atoms with E-state index < -0.39 is 0 Å². The summed E-state index contributed by atoms with van der Waals surface area (Å²) in [5, 5.41) is 10.8. The number of hydrogen-bond donors (Lipinski definition) is 1. The molecule has 2 unspecified atom stereocenters. The third-order valence-electron chi connectivity index (χ3n) is 11.1. The Kier molecular flexibility index (Phi) is 7.10. The van der Waals surface area contributed by atoms with E-state index >= 15 is 0 Å². The lowest BCUT2D eigenvalue weighted by atomic mass is 9.90. The number of nitrogens with zero attached hydrogens (tertiary/aromatic N) is 1. The van der Waals surface area contributed by atoms with Crippen molar-refractivity contribution in [3.63, 3.8) is 0 Å². The van der Waals surface area contributed by atoms with Crippen LogP contribution in [0.3, 0.4) is 0 Å². The summed E-state index contributed by atoms with van der Waals surface area (Å²) in [5.74, 6) is 0. The van der Waals surface area contributed by atoms with Gasteiger partial charge in [-0.05, 0) is 68.9 Å². The number of para-hydroxylation sites is 2. The van der Waals surface area contributed by atoms with Crippen LogP contribution in [0.15, 0.2) is 190 Å². The van der Waals surface area contributed by atoms with Crippen molar-refractivity contribution in [2.45, 2.75) is 18.6 Å². The standard InChI is InChI=1S/C50H34N2O2/c1-2-10-31(11-3-1)33-20-23-34(24-21-33)50-51-43(37-25-22-32-12-4-5-13-35(32)28-37)30-44(52-50)41-16-9-19-46-48(41)42-17-8-15-38(49(42)54-46)36-26-27-40-39-14-6-7-18-45(39)53-47(40)29-36/h1-29,43,50-51H,30H2. The van der Waals surface area contributed by atoms with Crippen LogP contribution in [0.4, 0.5) is 0 Å². The molecule has 0 saturated heterocycles. The second-order valence-corrected chi connectivity index (χ2v) is 14.3. The van der Waals surface area contributed by atoms with Crippen LogP contribution in [-0.2, 0) is 0 Å². The van der Waals surface area contributed by atoms with Gasteiger partial charge in [-0.3, -0.25) is 10.3 Å². The molecule has 0 radical (unpaired) electrons.